The van der Waals surface area contributed by atoms with Crippen LogP contribution in [0.1, 0.15) is 67.8 Å². The lowest BCUT2D eigenvalue weighted by molar-refractivity contribution is 0.0935. The van der Waals surface area contributed by atoms with Crippen LogP contribution >= 0.6 is 12.4 Å². The number of carbonyl (C=O) groups is 1. The van der Waals surface area contributed by atoms with Gasteiger partial charge in [-0.3, -0.25) is 4.79 Å². The summed E-state index contributed by atoms with van der Waals surface area (Å²) in [5, 5.41) is 2.91. The van der Waals surface area contributed by atoms with Crippen molar-refractivity contribution in [3.63, 3.8) is 0 Å². The number of rotatable bonds is 9. The molecule has 27 heavy (non-hydrogen) atoms. The molecule has 8 heteroatoms. The number of sulfonamides is 1. The summed E-state index contributed by atoms with van der Waals surface area (Å²) < 4.78 is 28.3. The lowest BCUT2D eigenvalue weighted by atomic mass is 10.1. The fourth-order valence-electron chi connectivity index (χ4n) is 3.33. The lowest BCUT2D eigenvalue weighted by Gasteiger charge is -2.18. The summed E-state index contributed by atoms with van der Waals surface area (Å²) in [6, 6.07) is 4.71. The van der Waals surface area contributed by atoms with Crippen molar-refractivity contribution in [1.29, 1.82) is 0 Å². The zero-order valence-corrected chi connectivity index (χ0v) is 17.8. The molecule has 1 saturated carbocycles. The topological polar surface area (TPSA) is 101 Å². The largest absolute Gasteiger partial charge is 0.348 e. The molecule has 154 valence electrons. The number of hydrogen-bond acceptors (Lipinski definition) is 4. The van der Waals surface area contributed by atoms with E-state index in [1.807, 2.05) is 0 Å². The third-order valence-corrected chi connectivity index (χ3v) is 6.61. The molecular weight excluding hydrogens is 386 g/mol. The summed E-state index contributed by atoms with van der Waals surface area (Å²) in [6.07, 6.45) is 6.67. The van der Waals surface area contributed by atoms with Gasteiger partial charge in [0.25, 0.3) is 5.91 Å². The van der Waals surface area contributed by atoms with Gasteiger partial charge in [-0.2, -0.15) is 0 Å². The summed E-state index contributed by atoms with van der Waals surface area (Å²) in [7, 11) is -3.63. The average Bonchev–Trinajstić information content (AvgIpc) is 3.10. The number of benzene rings is 1. The van der Waals surface area contributed by atoms with Gasteiger partial charge in [-0.1, -0.05) is 38.7 Å². The Morgan fingerprint density at radius 2 is 1.96 bits per heavy atom. The first-order valence-electron chi connectivity index (χ1n) is 9.51. The Morgan fingerprint density at radius 1 is 1.30 bits per heavy atom. The van der Waals surface area contributed by atoms with Crippen LogP contribution in [0.4, 0.5) is 0 Å². The minimum Gasteiger partial charge on any atom is -0.348 e. The van der Waals surface area contributed by atoms with E-state index in [4.69, 9.17) is 5.73 Å². The summed E-state index contributed by atoms with van der Waals surface area (Å²) in [5.41, 5.74) is 6.71. The zero-order chi connectivity index (χ0) is 19.2. The molecule has 0 bridgehead atoms. The van der Waals surface area contributed by atoms with Gasteiger partial charge in [-0.25, -0.2) is 13.1 Å². The van der Waals surface area contributed by atoms with Gasteiger partial charge in [0.15, 0.2) is 0 Å². The highest BCUT2D eigenvalue weighted by Gasteiger charge is 2.25. The summed E-state index contributed by atoms with van der Waals surface area (Å²) >= 11 is 0. The minimum atomic E-state index is -3.63. The molecule has 0 saturated heterocycles. The molecule has 0 aliphatic heterocycles. The normalized spacial score (nSPS) is 16.0. The molecule has 1 amide bonds. The number of aryl methyl sites for hydroxylation is 1. The van der Waals surface area contributed by atoms with Crippen molar-refractivity contribution in [1.82, 2.24) is 10.0 Å². The maximum atomic E-state index is 12.7. The van der Waals surface area contributed by atoms with Crippen molar-refractivity contribution in [3.8, 4) is 0 Å². The Balaban J connectivity index is 0.00000364. The van der Waals surface area contributed by atoms with Gasteiger partial charge in [0.05, 0.1) is 4.90 Å². The Hall–Kier alpha value is -1.15. The number of amides is 1. The smallest absolute Gasteiger partial charge is 0.251 e. The molecule has 1 fully saturated rings. The van der Waals surface area contributed by atoms with Crippen LogP contribution in [0.3, 0.4) is 0 Å². The van der Waals surface area contributed by atoms with E-state index in [0.717, 1.165) is 44.9 Å². The predicted molar refractivity (Wildman–Crippen MR) is 111 cm³/mol. The molecule has 1 aliphatic rings. The second kappa shape index (κ2) is 11.0. The number of unbranched alkanes of at least 4 members (excludes halogenated alkanes) is 1. The van der Waals surface area contributed by atoms with Gasteiger partial charge in [0.1, 0.15) is 0 Å². The highest BCUT2D eigenvalue weighted by Crippen LogP contribution is 2.22. The number of nitrogens with two attached hydrogens (primary N) is 1. The molecule has 0 aromatic heterocycles. The van der Waals surface area contributed by atoms with Crippen LogP contribution in [0, 0.1) is 6.92 Å². The fraction of sp³-hybridized carbons (Fsp3) is 0.632. The molecule has 4 N–H and O–H groups in total. The zero-order valence-electron chi connectivity index (χ0n) is 16.2. The number of halogens is 1. The molecule has 1 aromatic rings. The fourth-order valence-corrected chi connectivity index (χ4v) is 4.90. The average molecular weight is 418 g/mol. The van der Waals surface area contributed by atoms with Crippen LogP contribution in [-0.2, 0) is 10.0 Å². The molecule has 1 atom stereocenters. The van der Waals surface area contributed by atoms with E-state index < -0.39 is 10.0 Å². The van der Waals surface area contributed by atoms with Gasteiger partial charge in [0.2, 0.25) is 10.0 Å². The first kappa shape index (κ1) is 23.9. The van der Waals surface area contributed by atoms with E-state index in [2.05, 4.69) is 17.0 Å². The minimum absolute atomic E-state index is 0. The number of carbonyl (C=O) groups excluding carboxylic acids is 1. The molecule has 1 aliphatic carbocycles. The highest BCUT2D eigenvalue weighted by molar-refractivity contribution is 7.89. The van der Waals surface area contributed by atoms with E-state index in [-0.39, 0.29) is 35.3 Å². The molecule has 2 rings (SSSR count). The van der Waals surface area contributed by atoms with Crippen molar-refractivity contribution in [3.05, 3.63) is 29.3 Å². The van der Waals surface area contributed by atoms with Crippen molar-refractivity contribution >= 4 is 28.3 Å². The Bertz CT molecular complexity index is 719. The molecule has 0 spiro atoms. The summed E-state index contributed by atoms with van der Waals surface area (Å²) in [5.74, 6) is -0.283. The van der Waals surface area contributed by atoms with Crippen LogP contribution in [0.15, 0.2) is 23.1 Å². The third-order valence-electron chi connectivity index (χ3n) is 4.94. The van der Waals surface area contributed by atoms with Crippen molar-refractivity contribution in [2.75, 3.05) is 6.54 Å². The van der Waals surface area contributed by atoms with Crippen LogP contribution in [0.2, 0.25) is 0 Å². The summed E-state index contributed by atoms with van der Waals surface area (Å²) in [6.45, 7) is 4.20. The van der Waals surface area contributed by atoms with Gasteiger partial charge in [0, 0.05) is 24.2 Å². The van der Waals surface area contributed by atoms with Gasteiger partial charge >= 0.3 is 0 Å². The van der Waals surface area contributed by atoms with E-state index >= 15 is 0 Å². The predicted octanol–water partition coefficient (Wildman–Crippen LogP) is 2.89. The first-order valence-corrected chi connectivity index (χ1v) is 11.0. The molecular formula is C19H32ClN3O3S. The number of hydrogen-bond donors (Lipinski definition) is 3. The van der Waals surface area contributed by atoms with Crippen LogP contribution in [0.25, 0.3) is 0 Å². The van der Waals surface area contributed by atoms with E-state index in [1.54, 1.807) is 19.1 Å². The molecule has 0 radical (unpaired) electrons. The van der Waals surface area contributed by atoms with Crippen molar-refractivity contribution < 1.29 is 13.2 Å². The SMILES string of the molecule is CCCCC(CN)NC(=O)c1ccc(C)c(S(=O)(=O)NC2CCCC2)c1.Cl. The Labute approximate surface area is 169 Å². The monoisotopic (exact) mass is 417 g/mol. The van der Waals surface area contributed by atoms with Crippen LogP contribution < -0.4 is 15.8 Å². The van der Waals surface area contributed by atoms with Gasteiger partial charge in [-0.15, -0.1) is 12.4 Å². The van der Waals surface area contributed by atoms with Gasteiger partial charge < -0.3 is 11.1 Å². The highest BCUT2D eigenvalue weighted by atomic mass is 35.5. The van der Waals surface area contributed by atoms with E-state index in [0.29, 0.717) is 17.7 Å². The quantitative estimate of drug-likeness (QED) is 0.574. The molecule has 1 aromatic carbocycles. The lowest BCUT2D eigenvalue weighted by Crippen LogP contribution is -2.40. The molecule has 1 unspecified atom stereocenters. The summed E-state index contributed by atoms with van der Waals surface area (Å²) in [4.78, 5) is 12.7. The molecule has 6 nitrogen and oxygen atoms in total. The van der Waals surface area contributed by atoms with Crippen LogP contribution in [-0.4, -0.2) is 33.0 Å². The van der Waals surface area contributed by atoms with Crippen LogP contribution in [0.5, 0.6) is 0 Å². The Kier molecular flexibility index (Phi) is 9.73. The standard InChI is InChI=1S/C19H31N3O3S.ClH/c1-3-4-7-17(13-20)21-19(23)15-11-10-14(2)18(12-15)26(24,25)22-16-8-5-6-9-16;/h10-12,16-17,22H,3-9,13,20H2,1-2H3,(H,21,23);1H. The van der Waals surface area contributed by atoms with Gasteiger partial charge in [-0.05, 0) is 43.9 Å². The maximum absolute atomic E-state index is 12.7. The van der Waals surface area contributed by atoms with E-state index in [9.17, 15) is 13.2 Å². The van der Waals surface area contributed by atoms with E-state index in [1.165, 1.54) is 6.07 Å². The first-order chi connectivity index (χ1) is 12.4. The third kappa shape index (κ3) is 6.75. The second-order valence-corrected chi connectivity index (χ2v) is 8.81. The number of nitrogens with one attached hydrogen (secondary N) is 2. The second-order valence-electron chi connectivity index (χ2n) is 7.13. The van der Waals surface area contributed by atoms with Crippen molar-refractivity contribution in [2.45, 2.75) is 75.8 Å². The molecule has 0 heterocycles. The van der Waals surface area contributed by atoms with Crippen molar-refractivity contribution in [2.24, 2.45) is 5.73 Å². The maximum Gasteiger partial charge on any atom is 0.251 e. The Morgan fingerprint density at radius 3 is 2.56 bits per heavy atom.